The molecule has 1 amide bonds. The van der Waals surface area contributed by atoms with Crippen LogP contribution in [0.1, 0.15) is 40.6 Å². The van der Waals surface area contributed by atoms with E-state index < -0.39 is 0 Å². The molecule has 1 unspecified atom stereocenters. The van der Waals surface area contributed by atoms with Crippen molar-refractivity contribution in [1.82, 2.24) is 19.3 Å². The van der Waals surface area contributed by atoms with Crippen molar-refractivity contribution in [3.8, 4) is 0 Å². The summed E-state index contributed by atoms with van der Waals surface area (Å²) in [7, 11) is 0. The molecule has 4 rings (SSSR count). The van der Waals surface area contributed by atoms with Gasteiger partial charge in [-0.2, -0.15) is 0 Å². The average molecular weight is 326 g/mol. The zero-order valence-corrected chi connectivity index (χ0v) is 13.8. The van der Waals surface area contributed by atoms with Crippen LogP contribution in [-0.4, -0.2) is 38.3 Å². The van der Waals surface area contributed by atoms with Crippen LogP contribution < -0.4 is 0 Å². The number of hydrogen-bond donors (Lipinski definition) is 0. The minimum atomic E-state index is 0.0705. The Labute approximate surface area is 138 Å². The highest BCUT2D eigenvalue weighted by Gasteiger charge is 2.28. The number of carbonyl (C=O) groups excluding carboxylic acids is 1. The maximum atomic E-state index is 12.7. The van der Waals surface area contributed by atoms with Crippen LogP contribution in [-0.2, 0) is 0 Å². The Bertz CT molecular complexity index is 839. The fraction of sp³-hybridized carbons (Fsp3) is 0.353. The van der Waals surface area contributed by atoms with Crippen molar-refractivity contribution in [1.29, 1.82) is 0 Å². The number of aryl methyl sites for hydroxylation is 1. The topological polar surface area (TPSA) is 50.5 Å². The molecule has 0 aromatic carbocycles. The molecule has 3 aromatic rings. The van der Waals surface area contributed by atoms with E-state index in [0.717, 1.165) is 37.4 Å². The van der Waals surface area contributed by atoms with E-state index in [4.69, 9.17) is 4.98 Å². The van der Waals surface area contributed by atoms with Gasteiger partial charge in [-0.15, -0.1) is 11.3 Å². The maximum absolute atomic E-state index is 12.7. The van der Waals surface area contributed by atoms with Crippen LogP contribution in [0.3, 0.4) is 0 Å². The summed E-state index contributed by atoms with van der Waals surface area (Å²) in [6, 6.07) is 3.64. The van der Waals surface area contributed by atoms with Crippen LogP contribution >= 0.6 is 11.3 Å². The molecule has 3 aromatic heterocycles. The third-order valence-electron chi connectivity index (χ3n) is 4.46. The van der Waals surface area contributed by atoms with Gasteiger partial charge in [-0.3, -0.25) is 14.2 Å². The molecule has 0 spiro atoms. The lowest BCUT2D eigenvalue weighted by Gasteiger charge is -2.32. The van der Waals surface area contributed by atoms with Gasteiger partial charge in [0.15, 0.2) is 0 Å². The summed E-state index contributed by atoms with van der Waals surface area (Å²) in [5.41, 5.74) is 1.80. The average Bonchev–Trinajstić information content (AvgIpc) is 3.19. The molecule has 118 valence electrons. The number of thiazole rings is 1. The number of imidazole rings is 1. The van der Waals surface area contributed by atoms with E-state index in [0.29, 0.717) is 11.5 Å². The first kappa shape index (κ1) is 14.4. The number of fused-ring (bicyclic) bond motifs is 1. The number of amides is 1. The molecule has 4 heterocycles. The van der Waals surface area contributed by atoms with Crippen molar-refractivity contribution in [2.24, 2.45) is 0 Å². The third kappa shape index (κ3) is 2.53. The first-order chi connectivity index (χ1) is 11.2. The smallest absolute Gasteiger partial charge is 0.255 e. The predicted molar refractivity (Wildman–Crippen MR) is 89.9 cm³/mol. The maximum Gasteiger partial charge on any atom is 0.255 e. The molecule has 0 bridgehead atoms. The third-order valence-corrected chi connectivity index (χ3v) is 5.35. The first-order valence-corrected chi connectivity index (χ1v) is 8.73. The summed E-state index contributed by atoms with van der Waals surface area (Å²) in [4.78, 5) is 24.6. The molecule has 0 radical (unpaired) electrons. The standard InChI is InChI=1S/C17H18N4OS/c1-12-19-15(17-21(12)8-9-23-17)14-5-3-7-20(11-14)16(22)13-4-2-6-18-10-13/h2,4,6,8-10,14H,3,5,7,11H2,1H3. The van der Waals surface area contributed by atoms with E-state index in [1.54, 1.807) is 23.7 Å². The second kappa shape index (κ2) is 5.77. The van der Waals surface area contributed by atoms with Crippen LogP contribution in [0, 0.1) is 6.92 Å². The minimum Gasteiger partial charge on any atom is -0.338 e. The van der Waals surface area contributed by atoms with Crippen LogP contribution in [0.4, 0.5) is 0 Å². The summed E-state index contributed by atoms with van der Waals surface area (Å²) < 4.78 is 2.14. The quantitative estimate of drug-likeness (QED) is 0.727. The van der Waals surface area contributed by atoms with Gasteiger partial charge in [0, 0.05) is 43.0 Å². The van der Waals surface area contributed by atoms with Gasteiger partial charge in [-0.1, -0.05) is 0 Å². The molecule has 0 saturated carbocycles. The lowest BCUT2D eigenvalue weighted by atomic mass is 9.95. The fourth-order valence-electron chi connectivity index (χ4n) is 3.32. The van der Waals surface area contributed by atoms with Gasteiger partial charge in [-0.25, -0.2) is 4.98 Å². The SMILES string of the molecule is Cc1nc(C2CCCN(C(=O)c3cccnc3)C2)c2sccn12. The van der Waals surface area contributed by atoms with Crippen molar-refractivity contribution in [2.45, 2.75) is 25.7 Å². The number of nitrogens with zero attached hydrogens (tertiary/aromatic N) is 4. The summed E-state index contributed by atoms with van der Waals surface area (Å²) in [6.45, 7) is 3.58. The van der Waals surface area contributed by atoms with Gasteiger partial charge >= 0.3 is 0 Å². The fourth-order valence-corrected chi connectivity index (χ4v) is 4.27. The van der Waals surface area contributed by atoms with E-state index in [9.17, 15) is 4.79 Å². The highest BCUT2D eigenvalue weighted by Crippen LogP contribution is 2.32. The molecule has 1 fully saturated rings. The van der Waals surface area contributed by atoms with Crippen LogP contribution in [0.2, 0.25) is 0 Å². The Hall–Kier alpha value is -2.21. The van der Waals surface area contributed by atoms with Gasteiger partial charge in [0.1, 0.15) is 10.7 Å². The number of pyridine rings is 1. The summed E-state index contributed by atoms with van der Waals surface area (Å²) in [5, 5.41) is 2.09. The summed E-state index contributed by atoms with van der Waals surface area (Å²) in [5.74, 6) is 1.40. The Morgan fingerprint density at radius 3 is 3.17 bits per heavy atom. The summed E-state index contributed by atoms with van der Waals surface area (Å²) in [6.07, 6.45) is 7.50. The van der Waals surface area contributed by atoms with Gasteiger partial charge in [-0.05, 0) is 31.9 Å². The van der Waals surface area contributed by atoms with Crippen LogP contribution in [0.25, 0.3) is 4.83 Å². The number of carbonyl (C=O) groups is 1. The highest BCUT2D eigenvalue weighted by molar-refractivity contribution is 7.15. The largest absolute Gasteiger partial charge is 0.338 e. The number of piperidine rings is 1. The number of rotatable bonds is 2. The second-order valence-electron chi connectivity index (χ2n) is 5.95. The van der Waals surface area contributed by atoms with Gasteiger partial charge in [0.2, 0.25) is 0 Å². The van der Waals surface area contributed by atoms with E-state index in [1.165, 1.54) is 4.83 Å². The second-order valence-corrected chi connectivity index (χ2v) is 6.85. The van der Waals surface area contributed by atoms with Crippen molar-refractivity contribution in [2.75, 3.05) is 13.1 Å². The molecule has 0 N–H and O–H groups in total. The Morgan fingerprint density at radius 1 is 1.43 bits per heavy atom. The molecule has 1 aliphatic heterocycles. The minimum absolute atomic E-state index is 0.0705. The lowest BCUT2D eigenvalue weighted by molar-refractivity contribution is 0.0706. The summed E-state index contributed by atoms with van der Waals surface area (Å²) >= 11 is 1.72. The van der Waals surface area contributed by atoms with E-state index in [-0.39, 0.29) is 5.91 Å². The zero-order chi connectivity index (χ0) is 15.8. The van der Waals surface area contributed by atoms with E-state index in [1.807, 2.05) is 24.0 Å². The first-order valence-electron chi connectivity index (χ1n) is 7.85. The molecular formula is C17H18N4OS. The van der Waals surface area contributed by atoms with Gasteiger partial charge in [0.05, 0.1) is 11.3 Å². The van der Waals surface area contributed by atoms with Crippen molar-refractivity contribution < 1.29 is 4.79 Å². The Balaban J connectivity index is 1.60. The van der Waals surface area contributed by atoms with Gasteiger partial charge in [0.25, 0.3) is 5.91 Å². The molecule has 1 atom stereocenters. The Morgan fingerprint density at radius 2 is 2.35 bits per heavy atom. The van der Waals surface area contributed by atoms with Crippen molar-refractivity contribution in [3.63, 3.8) is 0 Å². The monoisotopic (exact) mass is 326 g/mol. The number of aromatic nitrogens is 3. The molecule has 23 heavy (non-hydrogen) atoms. The van der Waals surface area contributed by atoms with Crippen molar-refractivity contribution in [3.05, 3.63) is 53.2 Å². The molecule has 5 nitrogen and oxygen atoms in total. The number of likely N-dealkylation sites (tertiary alicyclic amines) is 1. The molecule has 0 aliphatic carbocycles. The molecular weight excluding hydrogens is 308 g/mol. The lowest BCUT2D eigenvalue weighted by Crippen LogP contribution is -2.39. The molecule has 1 saturated heterocycles. The highest BCUT2D eigenvalue weighted by atomic mass is 32.1. The zero-order valence-electron chi connectivity index (χ0n) is 13.0. The molecule has 6 heteroatoms. The van der Waals surface area contributed by atoms with Crippen LogP contribution in [0.15, 0.2) is 36.1 Å². The number of hydrogen-bond acceptors (Lipinski definition) is 4. The van der Waals surface area contributed by atoms with Crippen molar-refractivity contribution >= 4 is 22.1 Å². The predicted octanol–water partition coefficient (Wildman–Crippen LogP) is 3.12. The Kier molecular flexibility index (Phi) is 3.61. The van der Waals surface area contributed by atoms with Gasteiger partial charge < -0.3 is 4.90 Å². The van der Waals surface area contributed by atoms with E-state index in [2.05, 4.69) is 21.0 Å². The molecule has 1 aliphatic rings. The van der Waals surface area contributed by atoms with E-state index >= 15 is 0 Å². The van der Waals surface area contributed by atoms with Crippen LogP contribution in [0.5, 0.6) is 0 Å². The normalized spacial score (nSPS) is 18.5.